The van der Waals surface area contributed by atoms with Crippen LogP contribution in [0.1, 0.15) is 342 Å². The van der Waals surface area contributed by atoms with E-state index in [-0.39, 0.29) is 37.5 Å². The lowest BCUT2D eigenvalue weighted by molar-refractivity contribution is -0.166. The molecular weight excluding hydrogens is 997 g/mol. The van der Waals surface area contributed by atoms with Gasteiger partial charge in [0, 0.05) is 19.3 Å². The Balaban J connectivity index is 4.30. The Kier molecular flexibility index (Phi) is 65.7. The molecule has 6 heteroatoms. The summed E-state index contributed by atoms with van der Waals surface area (Å²) in [4.78, 5) is 38.3. The van der Waals surface area contributed by atoms with Gasteiger partial charge in [0.15, 0.2) is 6.10 Å². The molecule has 0 aromatic carbocycles. The number of carbonyl (C=O) groups excluding carboxylic acids is 3. The molecule has 6 nitrogen and oxygen atoms in total. The molecule has 0 aliphatic rings. The number of carbonyl (C=O) groups is 3. The van der Waals surface area contributed by atoms with Gasteiger partial charge in [-0.05, 0) is 109 Å². The lowest BCUT2D eigenvalue weighted by Crippen LogP contribution is -2.30. The van der Waals surface area contributed by atoms with Crippen LogP contribution < -0.4 is 0 Å². The van der Waals surface area contributed by atoms with Crippen molar-refractivity contribution in [1.82, 2.24) is 0 Å². The molecule has 0 saturated carbocycles. The molecule has 0 aromatic heterocycles. The van der Waals surface area contributed by atoms with Crippen LogP contribution in [0.25, 0.3) is 0 Å². The van der Waals surface area contributed by atoms with Crippen LogP contribution in [-0.4, -0.2) is 37.2 Å². The minimum Gasteiger partial charge on any atom is -0.462 e. The van der Waals surface area contributed by atoms with Gasteiger partial charge in [-0.2, -0.15) is 0 Å². The van der Waals surface area contributed by atoms with E-state index in [1.807, 2.05) is 6.08 Å². The van der Waals surface area contributed by atoms with E-state index in [1.54, 1.807) is 0 Å². The summed E-state index contributed by atoms with van der Waals surface area (Å²) in [7, 11) is 0. The minimum atomic E-state index is -0.809. The monoisotopic (exact) mass is 1130 g/mol. The zero-order valence-electron chi connectivity index (χ0n) is 53.5. The quantitative estimate of drug-likeness (QED) is 0.0261. The van der Waals surface area contributed by atoms with E-state index in [0.717, 1.165) is 77.0 Å². The molecule has 0 aliphatic carbocycles. The summed E-state index contributed by atoms with van der Waals surface area (Å²) in [6.07, 6.45) is 93.1. The summed E-state index contributed by atoms with van der Waals surface area (Å²) < 4.78 is 16.9. The van der Waals surface area contributed by atoms with Gasteiger partial charge in [-0.1, -0.05) is 311 Å². The van der Waals surface area contributed by atoms with Crippen molar-refractivity contribution >= 4 is 17.9 Å². The molecule has 0 fully saturated rings. The standard InChI is InChI=1S/C75H130O6/c1-4-7-10-13-16-19-22-25-27-29-31-33-35-36-37-38-40-41-43-45-47-50-53-56-59-62-65-68-74(77)80-71-72(70-79-73(76)67-64-61-58-55-52-49-24-21-18-15-12-9-6-3)81-75(78)69-66-63-60-57-54-51-48-46-44-42-39-34-32-30-28-26-23-20-17-14-11-8-5-2/h9,12,18,21-23,25-26,29-32,49,52,58,61,72H,4-8,10-11,13-17,19-20,24,27-28,33-48,50-51,53-57,59-60,62-71H2,1-3H3/b12-9-,21-18-,25-22-,26-23-,31-29-,32-30-,52-49-,61-58-. The predicted octanol–water partition coefficient (Wildman–Crippen LogP) is 24.0. The van der Waals surface area contributed by atoms with Crippen LogP contribution in [-0.2, 0) is 28.6 Å². The Morgan fingerprint density at radius 3 is 0.827 bits per heavy atom. The highest BCUT2D eigenvalue weighted by atomic mass is 16.6. The molecule has 0 aliphatic heterocycles. The maximum atomic E-state index is 12.9. The molecule has 81 heavy (non-hydrogen) atoms. The average molecular weight is 1130 g/mol. The van der Waals surface area contributed by atoms with Crippen LogP contribution in [0.5, 0.6) is 0 Å². The van der Waals surface area contributed by atoms with Crippen molar-refractivity contribution in [3.63, 3.8) is 0 Å². The summed E-state index contributed by atoms with van der Waals surface area (Å²) >= 11 is 0. The molecule has 466 valence electrons. The smallest absolute Gasteiger partial charge is 0.306 e. The Morgan fingerprint density at radius 2 is 0.506 bits per heavy atom. The molecule has 0 heterocycles. The van der Waals surface area contributed by atoms with Crippen LogP contribution in [0.4, 0.5) is 0 Å². The minimum absolute atomic E-state index is 0.0986. The Bertz CT molecular complexity index is 1580. The van der Waals surface area contributed by atoms with E-state index in [9.17, 15) is 14.4 Å². The van der Waals surface area contributed by atoms with Gasteiger partial charge in [-0.15, -0.1) is 0 Å². The van der Waals surface area contributed by atoms with E-state index in [2.05, 4.69) is 112 Å². The number of hydrogen-bond acceptors (Lipinski definition) is 6. The third kappa shape index (κ3) is 67.0. The largest absolute Gasteiger partial charge is 0.462 e. The van der Waals surface area contributed by atoms with Crippen molar-refractivity contribution in [2.24, 2.45) is 0 Å². The second-order valence-corrected chi connectivity index (χ2v) is 23.1. The van der Waals surface area contributed by atoms with Crippen molar-refractivity contribution in [2.45, 2.75) is 348 Å². The molecule has 1 atom stereocenters. The molecule has 0 N–H and O–H groups in total. The van der Waals surface area contributed by atoms with Crippen molar-refractivity contribution in [1.29, 1.82) is 0 Å². The van der Waals surface area contributed by atoms with E-state index < -0.39 is 6.10 Å². The van der Waals surface area contributed by atoms with Gasteiger partial charge in [-0.3, -0.25) is 14.4 Å². The average Bonchev–Trinajstić information content (AvgIpc) is 3.46. The zero-order valence-corrected chi connectivity index (χ0v) is 53.5. The second kappa shape index (κ2) is 68.8. The normalized spacial score (nSPS) is 12.7. The van der Waals surface area contributed by atoms with Gasteiger partial charge in [0.2, 0.25) is 0 Å². The molecule has 0 aromatic rings. The van der Waals surface area contributed by atoms with Gasteiger partial charge in [-0.25, -0.2) is 0 Å². The van der Waals surface area contributed by atoms with Crippen LogP contribution >= 0.6 is 0 Å². The third-order valence-corrected chi connectivity index (χ3v) is 15.1. The molecule has 0 rings (SSSR count). The van der Waals surface area contributed by atoms with Crippen molar-refractivity contribution in [3.8, 4) is 0 Å². The van der Waals surface area contributed by atoms with Gasteiger partial charge in [0.25, 0.3) is 0 Å². The summed E-state index contributed by atoms with van der Waals surface area (Å²) in [5.74, 6) is -0.973. The number of esters is 3. The molecule has 0 spiro atoms. The molecule has 0 saturated heterocycles. The van der Waals surface area contributed by atoms with Crippen molar-refractivity contribution < 1.29 is 28.6 Å². The SMILES string of the molecule is CC/C=C\C/C=C\C/C=C\C/C=C\CCC(=O)OCC(COC(=O)CCCCCCCCCCCCCCCCC/C=C\C/C=C\CCCCCCC)OC(=O)CCCCCCCCCCCCC/C=C\C/C=C\CCCCCCC. The van der Waals surface area contributed by atoms with E-state index in [4.69, 9.17) is 14.2 Å². The fourth-order valence-corrected chi connectivity index (χ4v) is 9.87. The molecule has 0 bridgehead atoms. The lowest BCUT2D eigenvalue weighted by Gasteiger charge is -2.18. The van der Waals surface area contributed by atoms with Crippen molar-refractivity contribution in [2.75, 3.05) is 13.2 Å². The maximum absolute atomic E-state index is 12.9. The third-order valence-electron chi connectivity index (χ3n) is 15.1. The van der Waals surface area contributed by atoms with Crippen molar-refractivity contribution in [3.05, 3.63) is 97.2 Å². The summed E-state index contributed by atoms with van der Waals surface area (Å²) in [5.41, 5.74) is 0. The lowest BCUT2D eigenvalue weighted by atomic mass is 10.0. The van der Waals surface area contributed by atoms with Crippen LogP contribution in [0.15, 0.2) is 97.2 Å². The number of hydrogen-bond donors (Lipinski definition) is 0. The predicted molar refractivity (Wildman–Crippen MR) is 353 cm³/mol. The highest BCUT2D eigenvalue weighted by molar-refractivity contribution is 5.71. The van der Waals surface area contributed by atoms with Crippen LogP contribution in [0, 0.1) is 0 Å². The Hall–Kier alpha value is -3.67. The number of rotatable bonds is 63. The fourth-order valence-electron chi connectivity index (χ4n) is 9.87. The summed E-state index contributed by atoms with van der Waals surface area (Å²) in [6.45, 7) is 6.48. The number of ether oxygens (including phenoxy) is 3. The first-order chi connectivity index (χ1) is 40.0. The summed E-state index contributed by atoms with van der Waals surface area (Å²) in [5, 5.41) is 0. The van der Waals surface area contributed by atoms with Crippen LogP contribution in [0.2, 0.25) is 0 Å². The van der Waals surface area contributed by atoms with E-state index in [0.29, 0.717) is 19.3 Å². The number of allylic oxidation sites excluding steroid dienone is 16. The molecule has 0 amide bonds. The first-order valence-electron chi connectivity index (χ1n) is 34.7. The van der Waals surface area contributed by atoms with Gasteiger partial charge in [0.1, 0.15) is 13.2 Å². The fraction of sp³-hybridized carbons (Fsp3) is 0.747. The molecule has 1 unspecified atom stereocenters. The molecular formula is C75H130O6. The zero-order chi connectivity index (χ0) is 58.5. The molecule has 0 radical (unpaired) electrons. The summed E-state index contributed by atoms with van der Waals surface area (Å²) in [6, 6.07) is 0. The highest BCUT2D eigenvalue weighted by Gasteiger charge is 2.19. The van der Waals surface area contributed by atoms with E-state index >= 15 is 0 Å². The number of unbranched alkanes of at least 4 members (excludes halogenated alkanes) is 36. The first-order valence-corrected chi connectivity index (χ1v) is 34.7. The second-order valence-electron chi connectivity index (χ2n) is 23.1. The first kappa shape index (κ1) is 77.3. The Labute approximate surface area is 502 Å². The Morgan fingerprint density at radius 1 is 0.259 bits per heavy atom. The van der Waals surface area contributed by atoms with E-state index in [1.165, 1.54) is 218 Å². The van der Waals surface area contributed by atoms with Gasteiger partial charge >= 0.3 is 17.9 Å². The van der Waals surface area contributed by atoms with Crippen LogP contribution in [0.3, 0.4) is 0 Å². The highest BCUT2D eigenvalue weighted by Crippen LogP contribution is 2.17. The topological polar surface area (TPSA) is 78.9 Å². The maximum Gasteiger partial charge on any atom is 0.306 e. The van der Waals surface area contributed by atoms with Gasteiger partial charge in [0.05, 0.1) is 0 Å². The van der Waals surface area contributed by atoms with Gasteiger partial charge < -0.3 is 14.2 Å².